The minimum atomic E-state index is -0.734. The van der Waals surface area contributed by atoms with E-state index in [1.54, 1.807) is 24.3 Å². The van der Waals surface area contributed by atoms with Gasteiger partial charge in [0.2, 0.25) is 5.91 Å². The van der Waals surface area contributed by atoms with Gasteiger partial charge in [-0.25, -0.2) is 4.79 Å². The molecule has 0 aromatic heterocycles. The molecule has 1 atom stereocenters. The van der Waals surface area contributed by atoms with E-state index in [0.29, 0.717) is 18.7 Å². The molecule has 0 saturated carbocycles. The zero-order valence-corrected chi connectivity index (χ0v) is 10.7. The largest absolute Gasteiger partial charge is 0.413 e. The number of carbonyl (C=O) groups excluding carboxylic acids is 2. The van der Waals surface area contributed by atoms with Gasteiger partial charge in [-0.15, -0.1) is 0 Å². The van der Waals surface area contributed by atoms with E-state index >= 15 is 0 Å². The van der Waals surface area contributed by atoms with Crippen LogP contribution in [-0.4, -0.2) is 24.6 Å². The summed E-state index contributed by atoms with van der Waals surface area (Å²) >= 11 is 0. The molecule has 0 heterocycles. The first-order valence-electron chi connectivity index (χ1n) is 6.16. The number of amides is 2. The molecule has 19 heavy (non-hydrogen) atoms. The third-order valence-electron chi connectivity index (χ3n) is 2.54. The molecule has 104 valence electrons. The molecule has 6 nitrogen and oxygen atoms in total. The minimum Gasteiger partial charge on any atom is -0.410 e. The predicted molar refractivity (Wildman–Crippen MR) is 71.5 cm³/mol. The van der Waals surface area contributed by atoms with Crippen LogP contribution in [0.3, 0.4) is 0 Å². The highest BCUT2D eigenvalue weighted by molar-refractivity contribution is 5.84. The number of benzene rings is 1. The number of para-hydroxylation sites is 1. The second kappa shape index (κ2) is 8.10. The minimum absolute atomic E-state index is 0.408. The number of carbonyl (C=O) groups is 2. The number of ether oxygens (including phenoxy) is 1. The Bertz CT molecular complexity index is 409. The zero-order chi connectivity index (χ0) is 14.1. The number of unbranched alkanes of at least 4 members (excludes halogenated alkanes) is 1. The lowest BCUT2D eigenvalue weighted by Crippen LogP contribution is -2.45. The summed E-state index contributed by atoms with van der Waals surface area (Å²) < 4.78 is 5.02. The van der Waals surface area contributed by atoms with Crippen LogP contribution >= 0.6 is 0 Å². The lowest BCUT2D eigenvalue weighted by molar-refractivity contribution is -0.120. The third kappa shape index (κ3) is 5.87. The Hall–Kier alpha value is -2.08. The van der Waals surface area contributed by atoms with Crippen molar-refractivity contribution in [2.75, 3.05) is 6.54 Å². The quantitative estimate of drug-likeness (QED) is 0.632. The molecule has 0 fully saturated rings. The fourth-order valence-electron chi connectivity index (χ4n) is 1.55. The first-order chi connectivity index (χ1) is 9.13. The van der Waals surface area contributed by atoms with Crippen molar-refractivity contribution < 1.29 is 14.3 Å². The highest BCUT2D eigenvalue weighted by Gasteiger charge is 2.18. The maximum atomic E-state index is 11.6. The van der Waals surface area contributed by atoms with E-state index in [2.05, 4.69) is 5.32 Å². The van der Waals surface area contributed by atoms with E-state index in [1.165, 1.54) is 0 Å². The second-order valence-electron chi connectivity index (χ2n) is 4.09. The van der Waals surface area contributed by atoms with Gasteiger partial charge in [-0.3, -0.25) is 4.79 Å². The van der Waals surface area contributed by atoms with Crippen LogP contribution in [0.1, 0.15) is 19.3 Å². The molecule has 0 bridgehead atoms. The van der Waals surface area contributed by atoms with Crippen LogP contribution < -0.4 is 21.5 Å². The smallest absolute Gasteiger partial charge is 0.410 e. The lowest BCUT2D eigenvalue weighted by Gasteiger charge is -2.15. The highest BCUT2D eigenvalue weighted by Crippen LogP contribution is 2.09. The van der Waals surface area contributed by atoms with Crippen LogP contribution in [0.4, 0.5) is 4.79 Å². The van der Waals surface area contributed by atoms with E-state index < -0.39 is 18.0 Å². The van der Waals surface area contributed by atoms with Gasteiger partial charge in [0.05, 0.1) is 0 Å². The summed E-state index contributed by atoms with van der Waals surface area (Å²) in [7, 11) is 0. The van der Waals surface area contributed by atoms with Crippen LogP contribution in [0.25, 0.3) is 0 Å². The summed E-state index contributed by atoms with van der Waals surface area (Å²) in [4.78, 5) is 22.8. The molecule has 0 unspecified atom stereocenters. The summed E-state index contributed by atoms with van der Waals surface area (Å²) in [6, 6.07) is 7.86. The van der Waals surface area contributed by atoms with Gasteiger partial charge in [0.1, 0.15) is 11.8 Å². The average molecular weight is 265 g/mol. The molecular weight excluding hydrogens is 246 g/mol. The van der Waals surface area contributed by atoms with Gasteiger partial charge in [-0.05, 0) is 37.9 Å². The molecule has 0 aliphatic heterocycles. The number of hydrogen-bond donors (Lipinski definition) is 3. The molecule has 1 aromatic carbocycles. The van der Waals surface area contributed by atoms with Crippen molar-refractivity contribution in [3.8, 4) is 5.75 Å². The Balaban J connectivity index is 2.45. The molecule has 0 saturated heterocycles. The lowest BCUT2D eigenvalue weighted by atomic mass is 10.1. The number of nitrogens with two attached hydrogens (primary N) is 2. The topological polar surface area (TPSA) is 107 Å². The molecule has 2 amide bonds. The molecule has 0 aliphatic rings. The van der Waals surface area contributed by atoms with E-state index in [0.717, 1.165) is 12.8 Å². The summed E-state index contributed by atoms with van der Waals surface area (Å²) in [5.74, 6) is -0.174. The number of rotatable bonds is 7. The zero-order valence-electron chi connectivity index (χ0n) is 10.7. The first-order valence-corrected chi connectivity index (χ1v) is 6.16. The fourth-order valence-corrected chi connectivity index (χ4v) is 1.55. The van der Waals surface area contributed by atoms with Crippen LogP contribution in [0, 0.1) is 0 Å². The number of nitrogens with one attached hydrogen (secondary N) is 1. The van der Waals surface area contributed by atoms with Gasteiger partial charge < -0.3 is 21.5 Å². The first kappa shape index (κ1) is 15.0. The van der Waals surface area contributed by atoms with Crippen molar-refractivity contribution in [2.24, 2.45) is 11.5 Å². The van der Waals surface area contributed by atoms with Crippen LogP contribution in [0.5, 0.6) is 5.75 Å². The summed E-state index contributed by atoms with van der Waals surface area (Å²) in [6.07, 6.45) is 1.26. The van der Waals surface area contributed by atoms with Crippen molar-refractivity contribution in [3.05, 3.63) is 30.3 Å². The third-order valence-corrected chi connectivity index (χ3v) is 2.54. The van der Waals surface area contributed by atoms with Crippen molar-refractivity contribution in [1.29, 1.82) is 0 Å². The molecule has 0 radical (unpaired) electrons. The van der Waals surface area contributed by atoms with E-state index in [1.807, 2.05) is 6.07 Å². The van der Waals surface area contributed by atoms with Crippen molar-refractivity contribution in [2.45, 2.75) is 25.3 Å². The maximum Gasteiger partial charge on any atom is 0.413 e. The van der Waals surface area contributed by atoms with Crippen LogP contribution in [0.2, 0.25) is 0 Å². The van der Waals surface area contributed by atoms with E-state index in [9.17, 15) is 9.59 Å². The van der Waals surface area contributed by atoms with E-state index in [-0.39, 0.29) is 0 Å². The van der Waals surface area contributed by atoms with Crippen molar-refractivity contribution in [3.63, 3.8) is 0 Å². The Labute approximate surface area is 112 Å². The van der Waals surface area contributed by atoms with Crippen molar-refractivity contribution >= 4 is 12.0 Å². The molecule has 1 aromatic rings. The van der Waals surface area contributed by atoms with Crippen LogP contribution in [-0.2, 0) is 4.79 Å². The van der Waals surface area contributed by atoms with Gasteiger partial charge in [-0.1, -0.05) is 18.2 Å². The normalized spacial score (nSPS) is 11.6. The standard InChI is InChI=1S/C13H19N3O3/c14-9-5-4-8-11(12(15)17)16-13(18)19-10-6-2-1-3-7-10/h1-3,6-7,11H,4-5,8-9,14H2,(H2,15,17)(H,16,18)/t11-/m0/s1. The highest BCUT2D eigenvalue weighted by atomic mass is 16.6. The molecule has 0 aliphatic carbocycles. The Kier molecular flexibility index (Phi) is 6.38. The molecule has 0 spiro atoms. The molecule has 6 heteroatoms. The van der Waals surface area contributed by atoms with Gasteiger partial charge in [-0.2, -0.15) is 0 Å². The van der Waals surface area contributed by atoms with Gasteiger partial charge in [0, 0.05) is 0 Å². The van der Waals surface area contributed by atoms with Gasteiger partial charge >= 0.3 is 6.09 Å². The summed E-state index contributed by atoms with van der Waals surface area (Å²) in [5.41, 5.74) is 10.6. The SMILES string of the molecule is NCCCC[C@H](NC(=O)Oc1ccccc1)C(N)=O. The second-order valence-corrected chi connectivity index (χ2v) is 4.09. The van der Waals surface area contributed by atoms with Crippen LogP contribution in [0.15, 0.2) is 30.3 Å². The monoisotopic (exact) mass is 265 g/mol. The fraction of sp³-hybridized carbons (Fsp3) is 0.385. The predicted octanol–water partition coefficient (Wildman–Crippen LogP) is 0.758. The molecular formula is C13H19N3O3. The van der Waals surface area contributed by atoms with E-state index in [4.69, 9.17) is 16.2 Å². The van der Waals surface area contributed by atoms with Crippen molar-refractivity contribution in [1.82, 2.24) is 5.32 Å². The molecule has 5 N–H and O–H groups in total. The van der Waals surface area contributed by atoms with Gasteiger partial charge in [0.15, 0.2) is 0 Å². The number of primary amides is 1. The summed E-state index contributed by atoms with van der Waals surface area (Å²) in [5, 5.41) is 2.45. The maximum absolute atomic E-state index is 11.6. The Morgan fingerprint density at radius 1 is 1.21 bits per heavy atom. The van der Waals surface area contributed by atoms with Gasteiger partial charge in [0.25, 0.3) is 0 Å². The Morgan fingerprint density at radius 3 is 2.47 bits per heavy atom. The summed E-state index contributed by atoms with van der Waals surface area (Å²) in [6.45, 7) is 0.542. The average Bonchev–Trinajstić information content (AvgIpc) is 2.38. The molecule has 1 rings (SSSR count). The number of hydrogen-bond acceptors (Lipinski definition) is 4. The Morgan fingerprint density at radius 2 is 1.89 bits per heavy atom.